The van der Waals surface area contributed by atoms with Crippen molar-refractivity contribution in [3.05, 3.63) is 12.2 Å². The predicted octanol–water partition coefficient (Wildman–Crippen LogP) is 13.4. The van der Waals surface area contributed by atoms with Crippen molar-refractivity contribution in [2.75, 3.05) is 13.2 Å². The number of esters is 1. The van der Waals surface area contributed by atoms with Crippen molar-refractivity contribution >= 4 is 11.9 Å². The molecule has 0 aromatic carbocycles. The highest BCUT2D eigenvalue weighted by Crippen LogP contribution is 2.16. The van der Waals surface area contributed by atoms with Crippen molar-refractivity contribution in [1.82, 2.24) is 5.32 Å². The first-order valence-corrected chi connectivity index (χ1v) is 23.4. The van der Waals surface area contributed by atoms with Crippen LogP contribution in [0.3, 0.4) is 0 Å². The highest BCUT2D eigenvalue weighted by molar-refractivity contribution is 5.76. The summed E-state index contributed by atoms with van der Waals surface area (Å²) in [5, 5.41) is 23.1. The van der Waals surface area contributed by atoms with E-state index >= 15 is 0 Å². The molecule has 0 saturated heterocycles. The van der Waals surface area contributed by atoms with E-state index < -0.39 is 12.1 Å². The maximum atomic E-state index is 12.4. The lowest BCUT2D eigenvalue weighted by Gasteiger charge is -2.22. The van der Waals surface area contributed by atoms with Crippen LogP contribution in [0.2, 0.25) is 0 Å². The Hall–Kier alpha value is -1.40. The van der Waals surface area contributed by atoms with E-state index in [1.165, 1.54) is 161 Å². The summed E-state index contributed by atoms with van der Waals surface area (Å²) < 4.78 is 5.43. The monoisotopic (exact) mass is 750 g/mol. The molecule has 2 unspecified atom stereocenters. The topological polar surface area (TPSA) is 95.9 Å². The van der Waals surface area contributed by atoms with Crippen LogP contribution in [0.4, 0.5) is 0 Å². The standard InChI is InChI=1S/C47H91NO5/c1-3-5-7-9-11-13-15-19-23-27-31-35-39-45(50)44(43-49)48-46(51)40-36-32-28-24-20-17-18-22-26-30-34-38-42-53-47(52)41-37-33-29-25-21-16-14-12-10-8-6-4-2/h12,14,44-45,49-50H,3-11,13,15-43H2,1-2H3,(H,48,51)/b14-12-. The molecule has 0 saturated carbocycles. The summed E-state index contributed by atoms with van der Waals surface area (Å²) in [6.45, 7) is 4.88. The maximum Gasteiger partial charge on any atom is 0.305 e. The van der Waals surface area contributed by atoms with E-state index in [4.69, 9.17) is 4.74 Å². The van der Waals surface area contributed by atoms with Crippen molar-refractivity contribution in [3.8, 4) is 0 Å². The van der Waals surface area contributed by atoms with Gasteiger partial charge in [0.05, 0.1) is 25.4 Å². The molecule has 6 nitrogen and oxygen atoms in total. The van der Waals surface area contributed by atoms with E-state index in [1.807, 2.05) is 0 Å². The fourth-order valence-electron chi connectivity index (χ4n) is 7.16. The Morgan fingerprint density at radius 2 is 0.887 bits per heavy atom. The summed E-state index contributed by atoms with van der Waals surface area (Å²) >= 11 is 0. The predicted molar refractivity (Wildman–Crippen MR) is 227 cm³/mol. The van der Waals surface area contributed by atoms with Crippen molar-refractivity contribution in [2.24, 2.45) is 0 Å². The van der Waals surface area contributed by atoms with Crippen LogP contribution in [-0.4, -0.2) is 47.4 Å². The second kappa shape index (κ2) is 43.3. The molecule has 3 N–H and O–H groups in total. The molecule has 0 aromatic rings. The molecule has 0 aliphatic heterocycles. The van der Waals surface area contributed by atoms with Gasteiger partial charge >= 0.3 is 5.97 Å². The third-order valence-electron chi connectivity index (χ3n) is 10.8. The minimum atomic E-state index is -0.672. The van der Waals surface area contributed by atoms with Crippen molar-refractivity contribution in [2.45, 2.75) is 264 Å². The van der Waals surface area contributed by atoms with Gasteiger partial charge in [0.25, 0.3) is 0 Å². The Morgan fingerprint density at radius 1 is 0.509 bits per heavy atom. The summed E-state index contributed by atoms with van der Waals surface area (Å²) in [6, 6.07) is -0.551. The number of amides is 1. The van der Waals surface area contributed by atoms with Crippen LogP contribution in [0.25, 0.3) is 0 Å². The van der Waals surface area contributed by atoms with E-state index in [2.05, 4.69) is 31.3 Å². The van der Waals surface area contributed by atoms with Gasteiger partial charge in [-0.3, -0.25) is 9.59 Å². The number of hydrogen-bond acceptors (Lipinski definition) is 5. The first kappa shape index (κ1) is 51.6. The molecule has 6 heteroatoms. The van der Waals surface area contributed by atoms with Gasteiger partial charge in [-0.2, -0.15) is 0 Å². The third-order valence-corrected chi connectivity index (χ3v) is 10.8. The molecule has 0 aliphatic carbocycles. The van der Waals surface area contributed by atoms with Gasteiger partial charge in [-0.15, -0.1) is 0 Å². The number of rotatable bonds is 43. The molecule has 1 amide bonds. The zero-order valence-corrected chi connectivity index (χ0v) is 35.5. The van der Waals surface area contributed by atoms with Gasteiger partial charge in [0.1, 0.15) is 0 Å². The number of carbonyl (C=O) groups excluding carboxylic acids is 2. The van der Waals surface area contributed by atoms with Crippen molar-refractivity contribution in [1.29, 1.82) is 0 Å². The Morgan fingerprint density at radius 3 is 1.38 bits per heavy atom. The van der Waals surface area contributed by atoms with E-state index in [0.717, 1.165) is 57.8 Å². The van der Waals surface area contributed by atoms with Gasteiger partial charge in [0.2, 0.25) is 5.91 Å². The highest BCUT2D eigenvalue weighted by Gasteiger charge is 2.20. The van der Waals surface area contributed by atoms with Gasteiger partial charge in [-0.25, -0.2) is 0 Å². The Bertz CT molecular complexity index is 787. The van der Waals surface area contributed by atoms with Crippen LogP contribution in [0.15, 0.2) is 12.2 Å². The Labute approximate surface area is 329 Å². The molecule has 0 radical (unpaired) electrons. The summed E-state index contributed by atoms with van der Waals surface area (Å²) in [5.74, 6) is -0.0713. The summed E-state index contributed by atoms with van der Waals surface area (Å²) in [7, 11) is 0. The highest BCUT2D eigenvalue weighted by atomic mass is 16.5. The fraction of sp³-hybridized carbons (Fsp3) is 0.915. The molecule has 0 spiro atoms. The molecule has 0 bridgehead atoms. The maximum absolute atomic E-state index is 12.4. The number of aliphatic hydroxyl groups excluding tert-OH is 2. The minimum Gasteiger partial charge on any atom is -0.466 e. The van der Waals surface area contributed by atoms with E-state index in [-0.39, 0.29) is 18.5 Å². The lowest BCUT2D eigenvalue weighted by atomic mass is 10.0. The quantitative estimate of drug-likeness (QED) is 0.0328. The molecular weight excluding hydrogens is 659 g/mol. The summed E-state index contributed by atoms with van der Waals surface area (Å²) in [5.41, 5.74) is 0. The summed E-state index contributed by atoms with van der Waals surface area (Å²) in [6.07, 6.45) is 47.3. The molecule has 0 rings (SSSR count). The largest absolute Gasteiger partial charge is 0.466 e. The zero-order valence-electron chi connectivity index (χ0n) is 35.5. The number of nitrogens with one attached hydrogen (secondary N) is 1. The van der Waals surface area contributed by atoms with Gasteiger partial charge in [-0.05, 0) is 51.4 Å². The molecule has 0 heterocycles. The molecule has 0 fully saturated rings. The molecule has 0 aromatic heterocycles. The number of aliphatic hydroxyl groups is 2. The van der Waals surface area contributed by atoms with Gasteiger partial charge in [-0.1, -0.05) is 199 Å². The molecule has 53 heavy (non-hydrogen) atoms. The average molecular weight is 750 g/mol. The summed E-state index contributed by atoms with van der Waals surface area (Å²) in [4.78, 5) is 24.4. The molecular formula is C47H91NO5. The number of carbonyl (C=O) groups is 2. The van der Waals surface area contributed by atoms with Crippen molar-refractivity contribution in [3.63, 3.8) is 0 Å². The normalized spacial score (nSPS) is 12.8. The fourth-order valence-corrected chi connectivity index (χ4v) is 7.16. The van der Waals surface area contributed by atoms with Gasteiger partial charge in [0.15, 0.2) is 0 Å². The van der Waals surface area contributed by atoms with Crippen LogP contribution in [0.1, 0.15) is 251 Å². The van der Waals surface area contributed by atoms with Crippen LogP contribution in [0, 0.1) is 0 Å². The first-order chi connectivity index (χ1) is 26.0. The third kappa shape index (κ3) is 40.1. The van der Waals surface area contributed by atoms with Crippen LogP contribution in [-0.2, 0) is 14.3 Å². The van der Waals surface area contributed by atoms with Gasteiger partial charge in [0, 0.05) is 12.8 Å². The second-order valence-electron chi connectivity index (χ2n) is 16.1. The van der Waals surface area contributed by atoms with Crippen molar-refractivity contribution < 1.29 is 24.5 Å². The average Bonchev–Trinajstić information content (AvgIpc) is 3.16. The Balaban J connectivity index is 3.47. The number of hydrogen-bond donors (Lipinski definition) is 3. The molecule has 2 atom stereocenters. The van der Waals surface area contributed by atoms with E-state index in [1.54, 1.807) is 0 Å². The van der Waals surface area contributed by atoms with Crippen LogP contribution >= 0.6 is 0 Å². The van der Waals surface area contributed by atoms with Crippen LogP contribution < -0.4 is 5.32 Å². The zero-order chi connectivity index (χ0) is 38.7. The number of unbranched alkanes of at least 4 members (excludes halogenated alkanes) is 30. The lowest BCUT2D eigenvalue weighted by molar-refractivity contribution is -0.143. The smallest absolute Gasteiger partial charge is 0.305 e. The second-order valence-corrected chi connectivity index (χ2v) is 16.1. The van der Waals surface area contributed by atoms with E-state index in [0.29, 0.717) is 25.9 Å². The SMILES string of the molecule is CCCCC/C=C\CCCCCCCC(=O)OCCCCCCCCCCCCCCC(=O)NC(CO)C(O)CCCCCCCCCCCCCC. The molecule has 314 valence electrons. The number of allylic oxidation sites excluding steroid dienone is 2. The first-order valence-electron chi connectivity index (χ1n) is 23.4. The molecule has 0 aliphatic rings. The van der Waals surface area contributed by atoms with Gasteiger partial charge < -0.3 is 20.3 Å². The minimum absolute atomic E-state index is 0.0196. The number of ether oxygens (including phenoxy) is 1. The van der Waals surface area contributed by atoms with Crippen LogP contribution in [0.5, 0.6) is 0 Å². The Kier molecular flexibility index (Phi) is 42.2. The lowest BCUT2D eigenvalue weighted by Crippen LogP contribution is -2.45. The van der Waals surface area contributed by atoms with E-state index in [9.17, 15) is 19.8 Å².